The number of hydrogen-bond acceptors (Lipinski definition) is 3. The van der Waals surface area contributed by atoms with Gasteiger partial charge in [-0.05, 0) is 30.5 Å². The molecule has 1 aromatic rings. The molecule has 2 unspecified atom stereocenters. The second kappa shape index (κ2) is 6.56. The van der Waals surface area contributed by atoms with Crippen LogP contribution in [0.5, 0.6) is 0 Å². The van der Waals surface area contributed by atoms with Crippen molar-refractivity contribution in [2.45, 2.75) is 31.2 Å². The van der Waals surface area contributed by atoms with Gasteiger partial charge >= 0.3 is 6.18 Å². The van der Waals surface area contributed by atoms with Gasteiger partial charge in [-0.25, -0.2) is 0 Å². The minimum absolute atomic E-state index is 0.0312. The van der Waals surface area contributed by atoms with Gasteiger partial charge in [-0.2, -0.15) is 13.2 Å². The van der Waals surface area contributed by atoms with E-state index in [-0.39, 0.29) is 18.3 Å². The van der Waals surface area contributed by atoms with Crippen molar-refractivity contribution in [3.05, 3.63) is 35.4 Å². The average Bonchev–Trinajstić information content (AvgIpc) is 2.91. The Balaban J connectivity index is 1.86. The number of rotatable bonds is 5. The van der Waals surface area contributed by atoms with Crippen molar-refractivity contribution in [3.63, 3.8) is 0 Å². The minimum Gasteiger partial charge on any atom is -0.386 e. The highest BCUT2D eigenvalue weighted by atomic mass is 19.4. The largest absolute Gasteiger partial charge is 0.416 e. The second-order valence-corrected chi connectivity index (χ2v) is 4.81. The molecule has 2 rings (SSSR count). The number of ether oxygens (including phenoxy) is 2. The predicted molar refractivity (Wildman–Crippen MR) is 66.2 cm³/mol. The Bertz CT molecular complexity index is 428. The van der Waals surface area contributed by atoms with Gasteiger partial charge in [-0.3, -0.25) is 0 Å². The maximum absolute atomic E-state index is 12.6. The lowest BCUT2D eigenvalue weighted by atomic mass is 10.1. The van der Waals surface area contributed by atoms with Crippen LogP contribution in [0, 0.1) is 0 Å². The SMILES string of the molecule is OC(COCC1CCCO1)c1cccc(C(F)(F)F)c1. The molecule has 20 heavy (non-hydrogen) atoms. The van der Waals surface area contributed by atoms with Gasteiger partial charge in [0.1, 0.15) is 6.10 Å². The van der Waals surface area contributed by atoms with Crippen LogP contribution in [-0.4, -0.2) is 31.0 Å². The third-order valence-corrected chi connectivity index (χ3v) is 3.20. The zero-order valence-corrected chi connectivity index (χ0v) is 10.9. The monoisotopic (exact) mass is 290 g/mol. The van der Waals surface area contributed by atoms with Crippen LogP contribution in [-0.2, 0) is 15.7 Å². The van der Waals surface area contributed by atoms with Crippen LogP contribution in [0.4, 0.5) is 13.2 Å². The van der Waals surface area contributed by atoms with E-state index in [9.17, 15) is 18.3 Å². The van der Waals surface area contributed by atoms with Gasteiger partial charge in [0.2, 0.25) is 0 Å². The predicted octanol–water partition coefficient (Wildman–Crippen LogP) is 2.93. The Hall–Kier alpha value is -1.11. The number of halogens is 3. The molecule has 1 fully saturated rings. The number of benzene rings is 1. The van der Waals surface area contributed by atoms with Crippen LogP contribution in [0.3, 0.4) is 0 Å². The third-order valence-electron chi connectivity index (χ3n) is 3.20. The summed E-state index contributed by atoms with van der Waals surface area (Å²) in [5.41, 5.74) is -0.569. The zero-order valence-electron chi connectivity index (χ0n) is 10.9. The van der Waals surface area contributed by atoms with E-state index in [0.717, 1.165) is 25.0 Å². The summed E-state index contributed by atoms with van der Waals surface area (Å²) < 4.78 is 48.3. The van der Waals surface area contributed by atoms with Gasteiger partial charge in [-0.1, -0.05) is 12.1 Å². The van der Waals surface area contributed by atoms with Crippen LogP contribution in [0.25, 0.3) is 0 Å². The first-order chi connectivity index (χ1) is 9.47. The van der Waals surface area contributed by atoms with E-state index in [1.807, 2.05) is 0 Å². The summed E-state index contributed by atoms with van der Waals surface area (Å²) in [5, 5.41) is 9.85. The Labute approximate surface area is 115 Å². The van der Waals surface area contributed by atoms with Crippen LogP contribution in [0.2, 0.25) is 0 Å². The van der Waals surface area contributed by atoms with Crippen molar-refractivity contribution in [1.29, 1.82) is 0 Å². The summed E-state index contributed by atoms with van der Waals surface area (Å²) >= 11 is 0. The molecule has 1 aromatic carbocycles. The maximum atomic E-state index is 12.6. The van der Waals surface area contributed by atoms with Gasteiger partial charge in [0, 0.05) is 6.61 Å². The molecule has 1 heterocycles. The van der Waals surface area contributed by atoms with E-state index < -0.39 is 17.8 Å². The summed E-state index contributed by atoms with van der Waals surface area (Å²) in [5.74, 6) is 0. The molecule has 0 radical (unpaired) electrons. The summed E-state index contributed by atoms with van der Waals surface area (Å²) in [4.78, 5) is 0. The van der Waals surface area contributed by atoms with Crippen molar-refractivity contribution in [1.82, 2.24) is 0 Å². The first-order valence-electron chi connectivity index (χ1n) is 6.51. The van der Waals surface area contributed by atoms with Crippen LogP contribution in [0.15, 0.2) is 24.3 Å². The number of hydrogen-bond donors (Lipinski definition) is 1. The lowest BCUT2D eigenvalue weighted by Gasteiger charge is -2.15. The molecule has 1 saturated heterocycles. The number of aliphatic hydroxyl groups excluding tert-OH is 1. The maximum Gasteiger partial charge on any atom is 0.416 e. The van der Waals surface area contributed by atoms with Gasteiger partial charge in [0.15, 0.2) is 0 Å². The fraction of sp³-hybridized carbons (Fsp3) is 0.571. The van der Waals surface area contributed by atoms with Gasteiger partial charge in [-0.15, -0.1) is 0 Å². The smallest absolute Gasteiger partial charge is 0.386 e. The third kappa shape index (κ3) is 4.19. The molecule has 1 aliphatic heterocycles. The zero-order chi connectivity index (χ0) is 14.6. The molecule has 2 atom stereocenters. The molecule has 0 aromatic heterocycles. The van der Waals surface area contributed by atoms with Crippen LogP contribution >= 0.6 is 0 Å². The van der Waals surface area contributed by atoms with Crippen molar-refractivity contribution in [3.8, 4) is 0 Å². The van der Waals surface area contributed by atoms with Crippen molar-refractivity contribution in [2.75, 3.05) is 19.8 Å². The minimum atomic E-state index is -4.41. The number of aliphatic hydroxyl groups is 1. The van der Waals surface area contributed by atoms with Crippen molar-refractivity contribution < 1.29 is 27.8 Å². The Morgan fingerprint density at radius 3 is 2.85 bits per heavy atom. The molecule has 6 heteroatoms. The molecular weight excluding hydrogens is 273 g/mol. The van der Waals surface area contributed by atoms with E-state index in [1.54, 1.807) is 0 Å². The fourth-order valence-electron chi connectivity index (χ4n) is 2.11. The van der Waals surface area contributed by atoms with Crippen molar-refractivity contribution >= 4 is 0 Å². The Morgan fingerprint density at radius 1 is 1.40 bits per heavy atom. The molecule has 0 saturated carbocycles. The molecule has 1 N–H and O–H groups in total. The van der Waals surface area contributed by atoms with E-state index in [4.69, 9.17) is 9.47 Å². The highest BCUT2D eigenvalue weighted by Crippen LogP contribution is 2.30. The fourth-order valence-corrected chi connectivity index (χ4v) is 2.11. The van der Waals surface area contributed by atoms with Gasteiger partial charge in [0.25, 0.3) is 0 Å². The molecule has 0 spiro atoms. The highest BCUT2D eigenvalue weighted by molar-refractivity contribution is 5.27. The topological polar surface area (TPSA) is 38.7 Å². The Kier molecular flexibility index (Phi) is 5.01. The summed E-state index contributed by atoms with van der Waals surface area (Å²) in [7, 11) is 0. The van der Waals surface area contributed by atoms with Crippen LogP contribution < -0.4 is 0 Å². The molecule has 3 nitrogen and oxygen atoms in total. The van der Waals surface area contributed by atoms with E-state index in [2.05, 4.69) is 0 Å². The lowest BCUT2D eigenvalue weighted by molar-refractivity contribution is -0.137. The van der Waals surface area contributed by atoms with E-state index >= 15 is 0 Å². The Morgan fingerprint density at radius 2 is 2.20 bits per heavy atom. The summed E-state index contributed by atoms with van der Waals surface area (Å²) in [6, 6.07) is 4.65. The molecule has 112 valence electrons. The molecular formula is C14H17F3O3. The lowest BCUT2D eigenvalue weighted by Crippen LogP contribution is -2.17. The van der Waals surface area contributed by atoms with E-state index in [0.29, 0.717) is 13.2 Å². The molecule has 0 bridgehead atoms. The van der Waals surface area contributed by atoms with Crippen LogP contribution in [0.1, 0.15) is 30.1 Å². The average molecular weight is 290 g/mol. The normalized spacial score (nSPS) is 21.1. The molecule has 0 amide bonds. The first-order valence-corrected chi connectivity index (χ1v) is 6.51. The quantitative estimate of drug-likeness (QED) is 0.906. The molecule has 1 aliphatic rings. The highest BCUT2D eigenvalue weighted by Gasteiger charge is 2.30. The second-order valence-electron chi connectivity index (χ2n) is 4.81. The summed E-state index contributed by atoms with van der Waals surface area (Å²) in [6.07, 6.45) is -3.54. The first kappa shape index (κ1) is 15.3. The number of alkyl halides is 3. The van der Waals surface area contributed by atoms with Gasteiger partial charge in [0.05, 0.1) is 24.9 Å². The molecule has 0 aliphatic carbocycles. The van der Waals surface area contributed by atoms with E-state index in [1.165, 1.54) is 12.1 Å². The standard InChI is InChI=1S/C14H17F3O3/c15-14(16,17)11-4-1-3-10(7-11)13(18)9-19-8-12-5-2-6-20-12/h1,3-4,7,12-13,18H,2,5-6,8-9H2. The summed E-state index contributed by atoms with van der Waals surface area (Å²) in [6.45, 7) is 1.03. The van der Waals surface area contributed by atoms with Gasteiger partial charge < -0.3 is 14.6 Å². The van der Waals surface area contributed by atoms with Crippen molar-refractivity contribution in [2.24, 2.45) is 0 Å².